The maximum Gasteiger partial charge on any atom is 0.323 e. The van der Waals surface area contributed by atoms with Crippen molar-refractivity contribution >= 4 is 44.6 Å². The highest BCUT2D eigenvalue weighted by molar-refractivity contribution is 9.10. The van der Waals surface area contributed by atoms with E-state index in [9.17, 15) is 19.6 Å². The van der Waals surface area contributed by atoms with E-state index in [4.69, 9.17) is 16.3 Å². The Hall–Kier alpha value is -1.22. The molecule has 9 heteroatoms. The van der Waals surface area contributed by atoms with Crippen LogP contribution in [0.2, 0.25) is 5.02 Å². The van der Waals surface area contributed by atoms with Crippen molar-refractivity contribution in [2.75, 3.05) is 0 Å². The number of thiophene rings is 1. The molecule has 21 heavy (non-hydrogen) atoms. The fourth-order valence-corrected chi connectivity index (χ4v) is 3.12. The van der Waals surface area contributed by atoms with E-state index >= 15 is 0 Å². The standard InChI is InChI=1S/C12H8BrClFNO4S/c1-5(17)11-4-9(16(18)19)12(21-11)20-10-3-8(15)7(14)2-6(10)13/h2-5,17H,1H3/t5-/m0/s1. The van der Waals surface area contributed by atoms with Crippen LogP contribution in [-0.2, 0) is 0 Å². The van der Waals surface area contributed by atoms with Crippen molar-refractivity contribution in [2.24, 2.45) is 0 Å². The fourth-order valence-electron chi connectivity index (χ4n) is 1.47. The van der Waals surface area contributed by atoms with Gasteiger partial charge in [0.2, 0.25) is 0 Å². The van der Waals surface area contributed by atoms with Crippen LogP contribution in [0, 0.1) is 15.9 Å². The summed E-state index contributed by atoms with van der Waals surface area (Å²) in [4.78, 5) is 10.7. The summed E-state index contributed by atoms with van der Waals surface area (Å²) >= 11 is 9.68. The van der Waals surface area contributed by atoms with Crippen LogP contribution in [0.4, 0.5) is 10.1 Å². The summed E-state index contributed by atoms with van der Waals surface area (Å²) in [5.41, 5.74) is -0.293. The lowest BCUT2D eigenvalue weighted by atomic mass is 10.3. The van der Waals surface area contributed by atoms with Gasteiger partial charge < -0.3 is 9.84 Å². The Balaban J connectivity index is 2.43. The smallest absolute Gasteiger partial charge is 0.323 e. The highest BCUT2D eigenvalue weighted by atomic mass is 79.9. The van der Waals surface area contributed by atoms with Gasteiger partial charge in [-0.3, -0.25) is 10.1 Å². The fraction of sp³-hybridized carbons (Fsp3) is 0.167. The van der Waals surface area contributed by atoms with Crippen LogP contribution in [0.25, 0.3) is 0 Å². The van der Waals surface area contributed by atoms with Crippen molar-refractivity contribution in [3.05, 3.63) is 48.5 Å². The van der Waals surface area contributed by atoms with E-state index in [1.807, 2.05) is 0 Å². The molecule has 0 aliphatic heterocycles. The molecule has 0 saturated carbocycles. The molecule has 1 aromatic carbocycles. The Morgan fingerprint density at radius 3 is 2.76 bits per heavy atom. The zero-order valence-electron chi connectivity index (χ0n) is 10.5. The number of benzene rings is 1. The van der Waals surface area contributed by atoms with Gasteiger partial charge in [-0.1, -0.05) is 22.9 Å². The molecule has 0 amide bonds. The van der Waals surface area contributed by atoms with Crippen LogP contribution in [0.15, 0.2) is 22.7 Å². The third-order valence-corrected chi connectivity index (χ3v) is 4.57. The van der Waals surface area contributed by atoms with Crippen LogP contribution >= 0.6 is 38.9 Å². The monoisotopic (exact) mass is 395 g/mol. The summed E-state index contributed by atoms with van der Waals surface area (Å²) in [6.45, 7) is 1.48. The number of rotatable bonds is 4. The Morgan fingerprint density at radius 1 is 1.52 bits per heavy atom. The molecule has 1 aromatic heterocycles. The number of halogens is 3. The van der Waals surface area contributed by atoms with Gasteiger partial charge in [0, 0.05) is 17.0 Å². The molecule has 2 rings (SSSR count). The summed E-state index contributed by atoms with van der Waals surface area (Å²) in [5.74, 6) is -0.649. The predicted molar refractivity (Wildman–Crippen MR) is 80.8 cm³/mol. The van der Waals surface area contributed by atoms with Gasteiger partial charge in [0.05, 0.1) is 20.5 Å². The van der Waals surface area contributed by atoms with Crippen molar-refractivity contribution in [3.63, 3.8) is 0 Å². The van der Waals surface area contributed by atoms with E-state index in [1.54, 1.807) is 0 Å². The third-order valence-electron chi connectivity index (χ3n) is 2.48. The van der Waals surface area contributed by atoms with E-state index in [1.165, 1.54) is 19.1 Å². The highest BCUT2D eigenvalue weighted by Gasteiger charge is 2.24. The van der Waals surface area contributed by atoms with Crippen molar-refractivity contribution in [3.8, 4) is 10.8 Å². The molecule has 0 unspecified atom stereocenters. The summed E-state index contributed by atoms with van der Waals surface area (Å²) in [5, 5.41) is 20.3. The lowest BCUT2D eigenvalue weighted by Gasteiger charge is -2.06. The van der Waals surface area contributed by atoms with Crippen LogP contribution in [0.1, 0.15) is 17.9 Å². The number of ether oxygens (including phenoxy) is 1. The predicted octanol–water partition coefficient (Wildman–Crippen LogP) is 5.06. The van der Waals surface area contributed by atoms with Crippen LogP contribution in [0.3, 0.4) is 0 Å². The van der Waals surface area contributed by atoms with Gasteiger partial charge in [-0.15, -0.1) is 0 Å². The molecule has 1 heterocycles. The van der Waals surface area contributed by atoms with E-state index in [2.05, 4.69) is 15.9 Å². The van der Waals surface area contributed by atoms with Crippen molar-refractivity contribution in [1.82, 2.24) is 0 Å². The third kappa shape index (κ3) is 3.52. The summed E-state index contributed by atoms with van der Waals surface area (Å²) in [6.07, 6.45) is -0.864. The molecule has 112 valence electrons. The summed E-state index contributed by atoms with van der Waals surface area (Å²) < 4.78 is 19.2. The number of nitrogens with zero attached hydrogens (tertiary/aromatic N) is 1. The molecule has 1 atom stereocenters. The van der Waals surface area contributed by atoms with Gasteiger partial charge in [-0.25, -0.2) is 4.39 Å². The molecule has 0 aliphatic rings. The van der Waals surface area contributed by atoms with Gasteiger partial charge in [-0.05, 0) is 28.9 Å². The molecule has 0 spiro atoms. The van der Waals surface area contributed by atoms with Crippen LogP contribution < -0.4 is 4.74 Å². The first-order valence-corrected chi connectivity index (χ1v) is 7.57. The normalized spacial score (nSPS) is 12.2. The molecule has 0 radical (unpaired) electrons. The number of hydrogen-bond acceptors (Lipinski definition) is 5. The van der Waals surface area contributed by atoms with Gasteiger partial charge >= 0.3 is 5.69 Å². The minimum absolute atomic E-state index is 0.0432. The minimum Gasteiger partial charge on any atom is -0.439 e. The second kappa shape index (κ2) is 6.27. The number of aliphatic hydroxyl groups is 1. The Labute approximate surface area is 136 Å². The quantitative estimate of drug-likeness (QED) is 0.445. The first-order chi connectivity index (χ1) is 9.79. The number of nitro groups is 1. The highest BCUT2D eigenvalue weighted by Crippen LogP contribution is 2.44. The van der Waals surface area contributed by atoms with E-state index in [0.717, 1.165) is 17.4 Å². The molecular weight excluding hydrogens is 389 g/mol. The van der Waals surface area contributed by atoms with Crippen molar-refractivity contribution in [2.45, 2.75) is 13.0 Å². The average molecular weight is 397 g/mol. The molecular formula is C12H8BrClFNO4S. The molecule has 1 N–H and O–H groups in total. The largest absolute Gasteiger partial charge is 0.439 e. The molecule has 0 fully saturated rings. The summed E-state index contributed by atoms with van der Waals surface area (Å²) in [6, 6.07) is 3.55. The van der Waals surface area contributed by atoms with E-state index < -0.39 is 16.8 Å². The Bertz CT molecular complexity index is 707. The molecule has 0 bridgehead atoms. The number of hydrogen-bond donors (Lipinski definition) is 1. The molecule has 5 nitrogen and oxygen atoms in total. The lowest BCUT2D eigenvalue weighted by molar-refractivity contribution is -0.385. The Morgan fingerprint density at radius 2 is 2.19 bits per heavy atom. The molecule has 2 aromatic rings. The average Bonchev–Trinajstić information content (AvgIpc) is 2.80. The zero-order chi connectivity index (χ0) is 15.7. The van der Waals surface area contributed by atoms with Crippen LogP contribution in [-0.4, -0.2) is 10.0 Å². The maximum absolute atomic E-state index is 13.5. The van der Waals surface area contributed by atoms with Gasteiger partial charge in [0.25, 0.3) is 5.06 Å². The molecule has 0 aliphatic carbocycles. The van der Waals surface area contributed by atoms with Crippen molar-refractivity contribution in [1.29, 1.82) is 0 Å². The molecule has 0 saturated heterocycles. The van der Waals surface area contributed by atoms with Gasteiger partial charge in [0.15, 0.2) is 0 Å². The first-order valence-electron chi connectivity index (χ1n) is 5.58. The first kappa shape index (κ1) is 16.2. The second-order valence-corrected chi connectivity index (χ2v) is 6.36. The number of aliphatic hydroxyl groups excluding tert-OH is 1. The lowest BCUT2D eigenvalue weighted by Crippen LogP contribution is -1.91. The van der Waals surface area contributed by atoms with Crippen LogP contribution in [0.5, 0.6) is 10.8 Å². The second-order valence-electron chi connectivity index (χ2n) is 4.05. The van der Waals surface area contributed by atoms with Gasteiger partial charge in [0.1, 0.15) is 11.6 Å². The topological polar surface area (TPSA) is 72.6 Å². The summed E-state index contributed by atoms with van der Waals surface area (Å²) in [7, 11) is 0. The zero-order valence-corrected chi connectivity index (χ0v) is 13.6. The van der Waals surface area contributed by atoms with Crippen molar-refractivity contribution < 1.29 is 19.2 Å². The van der Waals surface area contributed by atoms with E-state index in [-0.39, 0.29) is 21.5 Å². The SMILES string of the molecule is C[C@H](O)c1cc([N+](=O)[O-])c(Oc2cc(F)c(Cl)cc2Br)s1. The maximum atomic E-state index is 13.5. The minimum atomic E-state index is -0.864. The van der Waals surface area contributed by atoms with E-state index in [0.29, 0.717) is 9.35 Å². The van der Waals surface area contributed by atoms with Gasteiger partial charge in [-0.2, -0.15) is 0 Å². The Kier molecular flexibility index (Phi) is 4.82.